The number of nitrogens with zero attached hydrogens (tertiary/aromatic N) is 3. The summed E-state index contributed by atoms with van der Waals surface area (Å²) in [6.07, 6.45) is 6.72. The zero-order valence-corrected chi connectivity index (χ0v) is 14.5. The molecule has 1 saturated carbocycles. The van der Waals surface area contributed by atoms with E-state index in [1.807, 2.05) is 0 Å². The van der Waals surface area contributed by atoms with Gasteiger partial charge in [-0.05, 0) is 25.7 Å². The van der Waals surface area contributed by atoms with Crippen LogP contribution in [0, 0.1) is 0 Å². The van der Waals surface area contributed by atoms with E-state index in [2.05, 4.69) is 33.4 Å². The van der Waals surface area contributed by atoms with Crippen LogP contribution in [0.4, 0.5) is 5.13 Å². The molecule has 2 unspecified atom stereocenters. The summed E-state index contributed by atoms with van der Waals surface area (Å²) in [5.74, 6) is 1.33. The zero-order chi connectivity index (χ0) is 15.5. The van der Waals surface area contributed by atoms with Crippen LogP contribution in [-0.2, 0) is 0 Å². The molecule has 0 aromatic carbocycles. The van der Waals surface area contributed by atoms with E-state index in [9.17, 15) is 5.11 Å². The maximum atomic E-state index is 10.2. The fourth-order valence-electron chi connectivity index (χ4n) is 3.60. The Kier molecular flexibility index (Phi) is 5.31. The van der Waals surface area contributed by atoms with E-state index in [1.165, 1.54) is 24.4 Å². The summed E-state index contributed by atoms with van der Waals surface area (Å²) in [6, 6.07) is 0.883. The van der Waals surface area contributed by atoms with Gasteiger partial charge in [-0.2, -0.15) is 4.37 Å². The number of rotatable bonds is 4. The third kappa shape index (κ3) is 3.78. The normalized spacial score (nSPS) is 28.2. The molecule has 2 heterocycles. The van der Waals surface area contributed by atoms with Gasteiger partial charge in [0.25, 0.3) is 0 Å². The SMILES string of the molecule is CC(C)c1nsc(NC2CCN(C3CCCCC3O)CC2)n1. The molecule has 6 heteroatoms. The largest absolute Gasteiger partial charge is 0.391 e. The first kappa shape index (κ1) is 16.1. The first-order chi connectivity index (χ1) is 10.6. The van der Waals surface area contributed by atoms with Crippen molar-refractivity contribution in [1.29, 1.82) is 0 Å². The average molecular weight is 324 g/mol. The number of aliphatic hydroxyl groups excluding tert-OH is 1. The van der Waals surface area contributed by atoms with Gasteiger partial charge in [-0.1, -0.05) is 26.7 Å². The maximum absolute atomic E-state index is 10.2. The van der Waals surface area contributed by atoms with Gasteiger partial charge < -0.3 is 10.4 Å². The van der Waals surface area contributed by atoms with E-state index in [4.69, 9.17) is 0 Å². The van der Waals surface area contributed by atoms with Gasteiger partial charge in [0.15, 0.2) is 0 Å². The molecule has 1 aliphatic heterocycles. The van der Waals surface area contributed by atoms with Gasteiger partial charge in [-0.25, -0.2) is 4.98 Å². The van der Waals surface area contributed by atoms with Crippen molar-refractivity contribution in [3.63, 3.8) is 0 Å². The Bertz CT molecular complexity index is 470. The molecule has 1 aliphatic carbocycles. The summed E-state index contributed by atoms with van der Waals surface area (Å²) in [6.45, 7) is 6.41. The van der Waals surface area contributed by atoms with Crippen molar-refractivity contribution >= 4 is 16.7 Å². The molecule has 1 aromatic heterocycles. The van der Waals surface area contributed by atoms with Gasteiger partial charge in [-0.3, -0.25) is 4.90 Å². The average Bonchev–Trinajstić information content (AvgIpc) is 2.98. The van der Waals surface area contributed by atoms with E-state index < -0.39 is 0 Å². The van der Waals surface area contributed by atoms with Crippen LogP contribution in [0.1, 0.15) is 64.1 Å². The number of anilines is 1. The molecule has 1 aromatic rings. The van der Waals surface area contributed by atoms with Crippen LogP contribution in [0.15, 0.2) is 0 Å². The lowest BCUT2D eigenvalue weighted by molar-refractivity contribution is 0.00994. The highest BCUT2D eigenvalue weighted by Crippen LogP contribution is 2.27. The predicted molar refractivity (Wildman–Crippen MR) is 90.5 cm³/mol. The lowest BCUT2D eigenvalue weighted by Crippen LogP contribution is -2.50. The van der Waals surface area contributed by atoms with Gasteiger partial charge in [0.05, 0.1) is 6.10 Å². The molecule has 0 amide bonds. The van der Waals surface area contributed by atoms with E-state index >= 15 is 0 Å². The van der Waals surface area contributed by atoms with Gasteiger partial charge in [0, 0.05) is 42.6 Å². The molecule has 2 fully saturated rings. The van der Waals surface area contributed by atoms with Crippen molar-refractivity contribution in [2.45, 2.75) is 76.5 Å². The fourth-order valence-corrected chi connectivity index (χ4v) is 4.38. The topological polar surface area (TPSA) is 61.3 Å². The minimum atomic E-state index is -0.116. The van der Waals surface area contributed by atoms with E-state index in [1.54, 1.807) is 0 Å². The Labute approximate surface area is 137 Å². The third-order valence-electron chi connectivity index (χ3n) is 4.98. The second kappa shape index (κ2) is 7.23. The van der Waals surface area contributed by atoms with Crippen LogP contribution in [0.2, 0.25) is 0 Å². The second-order valence-electron chi connectivity index (χ2n) is 6.99. The fraction of sp³-hybridized carbons (Fsp3) is 0.875. The first-order valence-corrected chi connectivity index (χ1v) is 9.43. The van der Waals surface area contributed by atoms with Crippen molar-refractivity contribution in [3.05, 3.63) is 5.82 Å². The summed E-state index contributed by atoms with van der Waals surface area (Å²) in [7, 11) is 0. The highest BCUT2D eigenvalue weighted by molar-refractivity contribution is 7.09. The van der Waals surface area contributed by atoms with Gasteiger partial charge in [-0.15, -0.1) is 0 Å². The highest BCUT2D eigenvalue weighted by atomic mass is 32.1. The highest BCUT2D eigenvalue weighted by Gasteiger charge is 2.31. The molecule has 3 rings (SSSR count). The Morgan fingerprint density at radius 3 is 2.55 bits per heavy atom. The number of nitrogens with one attached hydrogen (secondary N) is 1. The van der Waals surface area contributed by atoms with Crippen LogP contribution in [0.25, 0.3) is 0 Å². The third-order valence-corrected chi connectivity index (χ3v) is 5.64. The molecule has 0 radical (unpaired) electrons. The van der Waals surface area contributed by atoms with E-state index in [-0.39, 0.29) is 6.10 Å². The summed E-state index contributed by atoms with van der Waals surface area (Å²) in [4.78, 5) is 7.07. The van der Waals surface area contributed by atoms with Crippen LogP contribution >= 0.6 is 11.5 Å². The van der Waals surface area contributed by atoms with Crippen LogP contribution in [-0.4, -0.2) is 50.6 Å². The summed E-state index contributed by atoms with van der Waals surface area (Å²) >= 11 is 1.47. The van der Waals surface area contributed by atoms with Gasteiger partial charge >= 0.3 is 0 Å². The molecule has 1 saturated heterocycles. The molecule has 5 nitrogen and oxygen atoms in total. The molecule has 22 heavy (non-hydrogen) atoms. The van der Waals surface area contributed by atoms with Crippen molar-refractivity contribution in [3.8, 4) is 0 Å². The summed E-state index contributed by atoms with van der Waals surface area (Å²) < 4.78 is 4.40. The minimum Gasteiger partial charge on any atom is -0.391 e. The lowest BCUT2D eigenvalue weighted by atomic mass is 9.89. The Morgan fingerprint density at radius 1 is 1.18 bits per heavy atom. The van der Waals surface area contributed by atoms with Crippen molar-refractivity contribution in [1.82, 2.24) is 14.3 Å². The number of aromatic nitrogens is 2. The standard InChI is InChI=1S/C16H28N4OS/c1-11(2)15-18-16(22-19-15)17-12-7-9-20(10-8-12)13-5-3-4-6-14(13)21/h11-14,21H,3-10H2,1-2H3,(H,17,18,19). The van der Waals surface area contributed by atoms with Crippen LogP contribution in [0.3, 0.4) is 0 Å². The number of hydrogen-bond donors (Lipinski definition) is 2. The van der Waals surface area contributed by atoms with Crippen LogP contribution in [0.5, 0.6) is 0 Å². The summed E-state index contributed by atoms with van der Waals surface area (Å²) in [5, 5.41) is 14.7. The molecular weight excluding hydrogens is 296 g/mol. The predicted octanol–water partition coefficient (Wildman–Crippen LogP) is 2.84. The second-order valence-corrected chi connectivity index (χ2v) is 7.74. The number of piperidine rings is 1. The molecule has 2 N–H and O–H groups in total. The maximum Gasteiger partial charge on any atom is 0.202 e. The Balaban J connectivity index is 1.48. The molecule has 0 spiro atoms. The Hall–Kier alpha value is -0.720. The molecular formula is C16H28N4OS. The van der Waals surface area contributed by atoms with E-state index in [0.717, 1.165) is 49.7 Å². The smallest absolute Gasteiger partial charge is 0.202 e. The van der Waals surface area contributed by atoms with Crippen LogP contribution < -0.4 is 5.32 Å². The lowest BCUT2D eigenvalue weighted by Gasteiger charge is -2.41. The number of hydrogen-bond acceptors (Lipinski definition) is 6. The van der Waals surface area contributed by atoms with Crippen molar-refractivity contribution in [2.75, 3.05) is 18.4 Å². The molecule has 2 atom stereocenters. The van der Waals surface area contributed by atoms with Crippen molar-refractivity contribution in [2.24, 2.45) is 0 Å². The first-order valence-electron chi connectivity index (χ1n) is 8.65. The van der Waals surface area contributed by atoms with Gasteiger partial charge in [0.1, 0.15) is 5.82 Å². The molecule has 2 aliphatic rings. The number of aliphatic hydroxyl groups is 1. The minimum absolute atomic E-state index is 0.116. The summed E-state index contributed by atoms with van der Waals surface area (Å²) in [5.41, 5.74) is 0. The van der Waals surface area contributed by atoms with Gasteiger partial charge in [0.2, 0.25) is 5.13 Å². The zero-order valence-electron chi connectivity index (χ0n) is 13.7. The monoisotopic (exact) mass is 324 g/mol. The van der Waals surface area contributed by atoms with Crippen molar-refractivity contribution < 1.29 is 5.11 Å². The molecule has 0 bridgehead atoms. The Morgan fingerprint density at radius 2 is 1.91 bits per heavy atom. The quantitative estimate of drug-likeness (QED) is 0.892. The van der Waals surface area contributed by atoms with E-state index in [0.29, 0.717) is 18.0 Å². The molecule has 124 valence electrons. The number of likely N-dealkylation sites (tertiary alicyclic amines) is 1.